The SMILES string of the molecule is NC(c1cccc(OC(F)F)c1)C(F)(F)F. The molecule has 16 heavy (non-hydrogen) atoms. The van der Waals surface area contributed by atoms with E-state index >= 15 is 0 Å². The van der Waals surface area contributed by atoms with Crippen LogP contribution < -0.4 is 10.5 Å². The lowest BCUT2D eigenvalue weighted by Crippen LogP contribution is -2.28. The molecular formula is C9H8F5NO. The Labute approximate surface area is 87.8 Å². The Morgan fingerprint density at radius 1 is 1.19 bits per heavy atom. The van der Waals surface area contributed by atoms with E-state index in [0.717, 1.165) is 18.2 Å². The zero-order chi connectivity index (χ0) is 12.3. The fourth-order valence-electron chi connectivity index (χ4n) is 1.07. The minimum Gasteiger partial charge on any atom is -0.435 e. The molecule has 90 valence electrons. The molecule has 0 aromatic heterocycles. The van der Waals surface area contributed by atoms with Gasteiger partial charge in [0.2, 0.25) is 0 Å². The molecule has 0 heterocycles. The first kappa shape index (κ1) is 12.7. The van der Waals surface area contributed by atoms with Gasteiger partial charge in [0, 0.05) is 0 Å². The van der Waals surface area contributed by atoms with Crippen molar-refractivity contribution in [2.45, 2.75) is 18.8 Å². The molecule has 0 saturated carbocycles. The predicted molar refractivity (Wildman–Crippen MR) is 46.1 cm³/mol. The molecule has 7 heteroatoms. The van der Waals surface area contributed by atoms with Gasteiger partial charge in [-0.15, -0.1) is 0 Å². The highest BCUT2D eigenvalue weighted by molar-refractivity contribution is 5.31. The van der Waals surface area contributed by atoms with E-state index in [9.17, 15) is 22.0 Å². The number of alkyl halides is 5. The van der Waals surface area contributed by atoms with Gasteiger partial charge in [0.15, 0.2) is 0 Å². The highest BCUT2D eigenvalue weighted by Crippen LogP contribution is 2.31. The summed E-state index contributed by atoms with van der Waals surface area (Å²) in [6.45, 7) is -3.09. The number of halogens is 5. The molecular weight excluding hydrogens is 233 g/mol. The molecule has 0 saturated heterocycles. The molecule has 0 aliphatic heterocycles. The number of hydrogen-bond donors (Lipinski definition) is 1. The maximum Gasteiger partial charge on any atom is 0.407 e. The van der Waals surface area contributed by atoms with Gasteiger partial charge in [-0.1, -0.05) is 12.1 Å². The first-order valence-corrected chi connectivity index (χ1v) is 4.18. The van der Waals surface area contributed by atoms with Crippen LogP contribution in [0.3, 0.4) is 0 Å². The lowest BCUT2D eigenvalue weighted by molar-refractivity contribution is -0.149. The quantitative estimate of drug-likeness (QED) is 0.826. The molecule has 0 fully saturated rings. The highest BCUT2D eigenvalue weighted by atomic mass is 19.4. The summed E-state index contributed by atoms with van der Waals surface area (Å²) in [5, 5.41) is 0. The summed E-state index contributed by atoms with van der Waals surface area (Å²) < 4.78 is 64.2. The van der Waals surface area contributed by atoms with E-state index in [1.54, 1.807) is 0 Å². The highest BCUT2D eigenvalue weighted by Gasteiger charge is 2.37. The van der Waals surface area contributed by atoms with Crippen molar-refractivity contribution in [2.24, 2.45) is 5.73 Å². The number of hydrogen-bond acceptors (Lipinski definition) is 2. The third kappa shape index (κ3) is 3.34. The van der Waals surface area contributed by atoms with E-state index in [1.165, 1.54) is 6.07 Å². The largest absolute Gasteiger partial charge is 0.435 e. The third-order valence-electron chi connectivity index (χ3n) is 1.80. The van der Waals surface area contributed by atoms with Crippen molar-refractivity contribution in [3.8, 4) is 5.75 Å². The zero-order valence-corrected chi connectivity index (χ0v) is 7.84. The fourth-order valence-corrected chi connectivity index (χ4v) is 1.07. The molecule has 0 aliphatic carbocycles. The summed E-state index contributed by atoms with van der Waals surface area (Å²) in [6.07, 6.45) is -4.62. The fraction of sp³-hybridized carbons (Fsp3) is 0.333. The summed E-state index contributed by atoms with van der Waals surface area (Å²) in [4.78, 5) is 0. The topological polar surface area (TPSA) is 35.2 Å². The zero-order valence-electron chi connectivity index (χ0n) is 7.84. The lowest BCUT2D eigenvalue weighted by Gasteiger charge is -2.16. The van der Waals surface area contributed by atoms with Crippen molar-refractivity contribution in [1.29, 1.82) is 0 Å². The monoisotopic (exact) mass is 241 g/mol. The van der Waals surface area contributed by atoms with Gasteiger partial charge in [-0.3, -0.25) is 0 Å². The molecule has 0 bridgehead atoms. The van der Waals surface area contributed by atoms with Crippen LogP contribution in [0.1, 0.15) is 11.6 Å². The molecule has 0 aliphatic rings. The summed E-state index contributed by atoms with van der Waals surface area (Å²) in [7, 11) is 0. The smallest absolute Gasteiger partial charge is 0.407 e. The van der Waals surface area contributed by atoms with Gasteiger partial charge >= 0.3 is 12.8 Å². The summed E-state index contributed by atoms with van der Waals surface area (Å²) in [5.41, 5.74) is 4.58. The first-order chi connectivity index (χ1) is 7.30. The first-order valence-electron chi connectivity index (χ1n) is 4.18. The molecule has 0 amide bonds. The Hall–Kier alpha value is -1.37. The standard InChI is InChI=1S/C9H8F5NO/c10-8(11)16-6-3-1-2-5(4-6)7(15)9(12,13)14/h1-4,7-8H,15H2. The van der Waals surface area contributed by atoms with Crippen LogP contribution in [0.4, 0.5) is 22.0 Å². The second-order valence-electron chi connectivity index (χ2n) is 2.97. The molecule has 0 spiro atoms. The van der Waals surface area contributed by atoms with Crippen LogP contribution in [0.25, 0.3) is 0 Å². The number of benzene rings is 1. The second kappa shape index (κ2) is 4.65. The Kier molecular flexibility index (Phi) is 3.69. The molecule has 1 unspecified atom stereocenters. The van der Waals surface area contributed by atoms with E-state index in [2.05, 4.69) is 4.74 Å². The summed E-state index contributed by atoms with van der Waals surface area (Å²) in [5.74, 6) is -0.354. The average Bonchev–Trinajstić information content (AvgIpc) is 2.14. The van der Waals surface area contributed by atoms with Crippen LogP contribution in [0.15, 0.2) is 24.3 Å². The second-order valence-corrected chi connectivity index (χ2v) is 2.97. The number of nitrogens with two attached hydrogens (primary N) is 1. The van der Waals surface area contributed by atoms with Gasteiger partial charge in [0.05, 0.1) is 0 Å². The van der Waals surface area contributed by atoms with E-state index in [1.807, 2.05) is 0 Å². The van der Waals surface area contributed by atoms with Gasteiger partial charge in [0.1, 0.15) is 11.8 Å². The van der Waals surface area contributed by atoms with Crippen LogP contribution in [-0.2, 0) is 0 Å². The molecule has 0 radical (unpaired) electrons. The van der Waals surface area contributed by atoms with Crippen LogP contribution in [0, 0.1) is 0 Å². The predicted octanol–water partition coefficient (Wildman–Crippen LogP) is 2.85. The maximum atomic E-state index is 12.2. The van der Waals surface area contributed by atoms with Crippen LogP contribution >= 0.6 is 0 Å². The molecule has 2 N–H and O–H groups in total. The number of ether oxygens (including phenoxy) is 1. The molecule has 1 aromatic carbocycles. The van der Waals surface area contributed by atoms with Gasteiger partial charge < -0.3 is 10.5 Å². The number of rotatable bonds is 3. The minimum atomic E-state index is -4.62. The maximum absolute atomic E-state index is 12.2. The van der Waals surface area contributed by atoms with Crippen molar-refractivity contribution in [2.75, 3.05) is 0 Å². The van der Waals surface area contributed by atoms with Crippen molar-refractivity contribution < 1.29 is 26.7 Å². The van der Waals surface area contributed by atoms with E-state index in [-0.39, 0.29) is 11.3 Å². The molecule has 2 nitrogen and oxygen atoms in total. The van der Waals surface area contributed by atoms with Crippen molar-refractivity contribution in [1.82, 2.24) is 0 Å². The molecule has 1 rings (SSSR count). The third-order valence-corrected chi connectivity index (χ3v) is 1.80. The van der Waals surface area contributed by atoms with Gasteiger partial charge in [-0.25, -0.2) is 0 Å². The van der Waals surface area contributed by atoms with Crippen molar-refractivity contribution >= 4 is 0 Å². The van der Waals surface area contributed by atoms with Crippen molar-refractivity contribution in [3.05, 3.63) is 29.8 Å². The van der Waals surface area contributed by atoms with Gasteiger partial charge in [0.25, 0.3) is 0 Å². The van der Waals surface area contributed by atoms with Crippen LogP contribution in [0.5, 0.6) is 5.75 Å². The van der Waals surface area contributed by atoms with Gasteiger partial charge in [-0.2, -0.15) is 22.0 Å². The van der Waals surface area contributed by atoms with E-state index in [0.29, 0.717) is 0 Å². The Bertz CT molecular complexity index is 352. The normalized spacial score (nSPS) is 13.9. The van der Waals surface area contributed by atoms with Crippen LogP contribution in [0.2, 0.25) is 0 Å². The van der Waals surface area contributed by atoms with E-state index < -0.39 is 18.8 Å². The average molecular weight is 241 g/mol. The Balaban J connectivity index is 2.90. The molecule has 1 atom stereocenters. The lowest BCUT2D eigenvalue weighted by atomic mass is 10.1. The minimum absolute atomic E-state index is 0.328. The Morgan fingerprint density at radius 3 is 2.31 bits per heavy atom. The van der Waals surface area contributed by atoms with Gasteiger partial charge in [-0.05, 0) is 17.7 Å². The Morgan fingerprint density at radius 2 is 1.81 bits per heavy atom. The van der Waals surface area contributed by atoms with E-state index in [4.69, 9.17) is 5.73 Å². The summed E-state index contributed by atoms with van der Waals surface area (Å²) >= 11 is 0. The van der Waals surface area contributed by atoms with Crippen LogP contribution in [-0.4, -0.2) is 12.8 Å². The summed E-state index contributed by atoms with van der Waals surface area (Å²) in [6, 6.07) is 2.01. The van der Waals surface area contributed by atoms with Crippen molar-refractivity contribution in [3.63, 3.8) is 0 Å². The molecule has 1 aromatic rings.